The van der Waals surface area contributed by atoms with Gasteiger partial charge >= 0.3 is 0 Å². The number of benzene rings is 8. The van der Waals surface area contributed by atoms with Crippen molar-refractivity contribution in [2.24, 2.45) is 0 Å². The molecule has 11 aromatic rings. The Hall–Kier alpha value is -7.37. The molecule has 0 amide bonds. The fourth-order valence-electron chi connectivity index (χ4n) is 7.99. The zero-order valence-electron chi connectivity index (χ0n) is 29.2. The predicted molar refractivity (Wildman–Crippen MR) is 222 cm³/mol. The molecule has 0 aliphatic heterocycles. The van der Waals surface area contributed by atoms with Crippen molar-refractivity contribution in [3.63, 3.8) is 0 Å². The number of para-hydroxylation sites is 4. The maximum Gasteiger partial charge on any atom is 0.220 e. The van der Waals surface area contributed by atoms with Gasteiger partial charge in [0.05, 0.1) is 27.8 Å². The van der Waals surface area contributed by atoms with Gasteiger partial charge < -0.3 is 9.32 Å². The van der Waals surface area contributed by atoms with E-state index in [1.165, 1.54) is 22.3 Å². The van der Waals surface area contributed by atoms with Crippen molar-refractivity contribution in [3.8, 4) is 27.9 Å². The normalized spacial score (nSPS) is 11.7. The maximum absolute atomic E-state index is 6.57. The molecule has 0 unspecified atom stereocenters. The average Bonchev–Trinajstić information content (AvgIpc) is 3.91. The van der Waals surface area contributed by atoms with Crippen LogP contribution in [0.5, 0.6) is 0 Å². The summed E-state index contributed by atoms with van der Waals surface area (Å²) in [6.45, 7) is 0. The third-order valence-corrected chi connectivity index (χ3v) is 10.5. The first kappa shape index (κ1) is 30.3. The fourth-order valence-corrected chi connectivity index (χ4v) is 7.99. The van der Waals surface area contributed by atoms with Crippen LogP contribution in [0.1, 0.15) is 0 Å². The van der Waals surface area contributed by atoms with Crippen molar-refractivity contribution in [2.45, 2.75) is 0 Å². The molecule has 3 aromatic heterocycles. The second-order valence-electron chi connectivity index (χ2n) is 13.7. The standard InChI is InChI=1S/C49H32N4O/c1-3-12-33(13-4-1)35-22-26-37(27-23-35)51(38-28-24-36(25-29-38)34-14-5-2-6-15-34)39-30-31-44-46(32-39)52-43-19-9-8-18-42(43)50-49(52)53(44)45-20-11-17-41-40-16-7-10-21-47(40)54-48(41)45/h1-32H. The second-order valence-corrected chi connectivity index (χ2v) is 13.7. The lowest BCUT2D eigenvalue weighted by Gasteiger charge is -2.26. The van der Waals surface area contributed by atoms with Crippen LogP contribution in [-0.4, -0.2) is 14.0 Å². The van der Waals surface area contributed by atoms with Crippen molar-refractivity contribution in [2.75, 3.05) is 4.90 Å². The molecule has 0 spiro atoms. The number of anilines is 3. The van der Waals surface area contributed by atoms with E-state index in [1.807, 2.05) is 18.2 Å². The van der Waals surface area contributed by atoms with E-state index in [-0.39, 0.29) is 0 Å². The van der Waals surface area contributed by atoms with Crippen molar-refractivity contribution in [1.29, 1.82) is 0 Å². The maximum atomic E-state index is 6.57. The smallest absolute Gasteiger partial charge is 0.220 e. The number of imidazole rings is 2. The predicted octanol–water partition coefficient (Wildman–Crippen LogP) is 13.1. The van der Waals surface area contributed by atoms with E-state index in [2.05, 4.69) is 190 Å². The van der Waals surface area contributed by atoms with E-state index < -0.39 is 0 Å². The van der Waals surface area contributed by atoms with Crippen LogP contribution >= 0.6 is 0 Å². The highest BCUT2D eigenvalue weighted by Gasteiger charge is 2.22. The molecule has 0 fully saturated rings. The van der Waals surface area contributed by atoms with Crippen molar-refractivity contribution >= 4 is 66.8 Å². The van der Waals surface area contributed by atoms with Crippen LogP contribution in [0.25, 0.3) is 77.7 Å². The second kappa shape index (κ2) is 12.1. The summed E-state index contributed by atoms with van der Waals surface area (Å²) in [6.07, 6.45) is 0. The highest BCUT2D eigenvalue weighted by molar-refractivity contribution is 6.08. The first-order chi connectivity index (χ1) is 26.8. The third-order valence-electron chi connectivity index (χ3n) is 10.5. The molecule has 0 saturated heterocycles. The number of nitrogens with zero attached hydrogens (tertiary/aromatic N) is 4. The first-order valence-corrected chi connectivity index (χ1v) is 18.2. The summed E-state index contributed by atoms with van der Waals surface area (Å²) in [4.78, 5) is 7.57. The van der Waals surface area contributed by atoms with Crippen molar-refractivity contribution in [1.82, 2.24) is 14.0 Å². The summed E-state index contributed by atoms with van der Waals surface area (Å²) in [5.74, 6) is 0.835. The lowest BCUT2D eigenvalue weighted by atomic mass is 10.0. The van der Waals surface area contributed by atoms with Gasteiger partial charge in [-0.15, -0.1) is 0 Å². The molecular formula is C49H32N4O. The average molecular weight is 693 g/mol. The van der Waals surface area contributed by atoms with Crippen LogP contribution in [-0.2, 0) is 0 Å². The molecule has 11 rings (SSSR count). The van der Waals surface area contributed by atoms with Gasteiger partial charge in [0.25, 0.3) is 0 Å². The molecule has 0 N–H and O–H groups in total. The van der Waals surface area contributed by atoms with E-state index in [1.54, 1.807) is 0 Å². The van der Waals surface area contributed by atoms with Gasteiger partial charge in [0.1, 0.15) is 5.58 Å². The minimum absolute atomic E-state index is 0.835. The molecule has 0 radical (unpaired) electrons. The summed E-state index contributed by atoms with van der Waals surface area (Å²) >= 11 is 0. The van der Waals surface area contributed by atoms with Gasteiger partial charge in [-0.2, -0.15) is 0 Å². The lowest BCUT2D eigenvalue weighted by molar-refractivity contribution is 0.666. The molecule has 5 heteroatoms. The molecule has 0 aliphatic carbocycles. The van der Waals surface area contributed by atoms with Crippen LogP contribution in [0, 0.1) is 0 Å². The highest BCUT2D eigenvalue weighted by Crippen LogP contribution is 2.41. The van der Waals surface area contributed by atoms with Gasteiger partial charge in [0.15, 0.2) is 5.58 Å². The zero-order chi connectivity index (χ0) is 35.6. The van der Waals surface area contributed by atoms with Crippen LogP contribution in [0.15, 0.2) is 199 Å². The van der Waals surface area contributed by atoms with E-state index in [4.69, 9.17) is 9.40 Å². The number of fused-ring (bicyclic) bond motifs is 8. The van der Waals surface area contributed by atoms with Crippen LogP contribution in [0.2, 0.25) is 0 Å². The van der Waals surface area contributed by atoms with Gasteiger partial charge in [-0.1, -0.05) is 127 Å². The summed E-state index contributed by atoms with van der Waals surface area (Å²) in [6, 6.07) is 68.5. The first-order valence-electron chi connectivity index (χ1n) is 18.2. The van der Waals surface area contributed by atoms with Gasteiger partial charge in [-0.25, -0.2) is 4.98 Å². The third kappa shape index (κ3) is 4.76. The molecule has 8 aromatic carbocycles. The molecule has 3 heterocycles. The molecule has 0 saturated carbocycles. The minimum atomic E-state index is 0.835. The Morgan fingerprint density at radius 3 is 1.70 bits per heavy atom. The molecular weight excluding hydrogens is 661 g/mol. The molecule has 54 heavy (non-hydrogen) atoms. The number of hydrogen-bond donors (Lipinski definition) is 0. The molecule has 5 nitrogen and oxygen atoms in total. The Kier molecular flexibility index (Phi) is 6.79. The summed E-state index contributed by atoms with van der Waals surface area (Å²) < 4.78 is 11.1. The number of hydrogen-bond acceptors (Lipinski definition) is 3. The number of furan rings is 1. The summed E-state index contributed by atoms with van der Waals surface area (Å²) in [5.41, 5.74) is 14.7. The molecule has 254 valence electrons. The Morgan fingerprint density at radius 2 is 1.00 bits per heavy atom. The quantitative estimate of drug-likeness (QED) is 0.174. The van der Waals surface area contributed by atoms with Crippen LogP contribution in [0.3, 0.4) is 0 Å². The van der Waals surface area contributed by atoms with Crippen LogP contribution < -0.4 is 4.90 Å². The van der Waals surface area contributed by atoms with E-state index in [0.717, 1.165) is 72.5 Å². The molecule has 0 atom stereocenters. The SMILES string of the molecule is c1ccc(-c2ccc(N(c3ccc(-c4ccccc4)cc3)c3ccc4c(c3)n3c5ccccc5nc3n4-c3cccc4c3oc3ccccc34)cc2)cc1. The topological polar surface area (TPSA) is 38.6 Å². The summed E-state index contributed by atoms with van der Waals surface area (Å²) in [5, 5.41) is 2.18. The highest BCUT2D eigenvalue weighted by atomic mass is 16.3. The molecule has 0 aliphatic rings. The van der Waals surface area contributed by atoms with Gasteiger partial charge in [0, 0.05) is 27.8 Å². The van der Waals surface area contributed by atoms with Crippen molar-refractivity contribution < 1.29 is 4.42 Å². The van der Waals surface area contributed by atoms with E-state index >= 15 is 0 Å². The largest absolute Gasteiger partial charge is 0.454 e. The van der Waals surface area contributed by atoms with Gasteiger partial charge in [-0.3, -0.25) is 8.97 Å². The summed E-state index contributed by atoms with van der Waals surface area (Å²) in [7, 11) is 0. The molecule has 0 bridgehead atoms. The Balaban J connectivity index is 1.14. The van der Waals surface area contributed by atoms with Gasteiger partial charge in [0.2, 0.25) is 5.78 Å². The minimum Gasteiger partial charge on any atom is -0.454 e. The van der Waals surface area contributed by atoms with E-state index in [0.29, 0.717) is 0 Å². The van der Waals surface area contributed by atoms with Gasteiger partial charge in [-0.05, 0) is 89.0 Å². The van der Waals surface area contributed by atoms with Crippen molar-refractivity contribution in [3.05, 3.63) is 194 Å². The van der Waals surface area contributed by atoms with Crippen LogP contribution in [0.4, 0.5) is 17.1 Å². The zero-order valence-corrected chi connectivity index (χ0v) is 29.2. The lowest BCUT2D eigenvalue weighted by Crippen LogP contribution is -2.10. The Bertz CT molecular complexity index is 3050. The number of rotatable bonds is 6. The Labute approximate surface area is 311 Å². The fraction of sp³-hybridized carbons (Fsp3) is 0. The monoisotopic (exact) mass is 692 g/mol. The Morgan fingerprint density at radius 1 is 0.426 bits per heavy atom. The number of aromatic nitrogens is 3. The van der Waals surface area contributed by atoms with E-state index in [9.17, 15) is 0 Å².